The molecule has 1 heterocycles. The number of hydrogen-bond donors (Lipinski definition) is 0. The maximum Gasteiger partial charge on any atom is 0.417 e. The van der Waals surface area contributed by atoms with Crippen LogP contribution in [0.4, 0.5) is 13.2 Å². The predicted octanol–water partition coefficient (Wildman–Crippen LogP) is 3.10. The van der Waals surface area contributed by atoms with Crippen molar-refractivity contribution in [1.82, 2.24) is 9.78 Å². The fourth-order valence-electron chi connectivity index (χ4n) is 3.22. The largest absolute Gasteiger partial charge is 0.417 e. The Labute approximate surface area is 165 Å². The molecule has 1 aromatic heterocycles. The molecule has 0 N–H and O–H groups in total. The van der Waals surface area contributed by atoms with Crippen molar-refractivity contribution in [2.45, 2.75) is 45.3 Å². The smallest absolute Gasteiger partial charge is 0.407 e. The number of benzene rings is 1. The first-order valence-corrected chi connectivity index (χ1v) is 10.3. The molecule has 0 saturated carbocycles. The maximum absolute atomic E-state index is 13.8. The standard InChI is InChI=1S/C18H19F3N2O5S/c1-6-23-17(28-11(4)24)13(8-22-23)15(25)12-7-9(2)16(29(5,26)27)10(3)14(12)18(19,20)21/h7-8H,6H2,1-5H3. The van der Waals surface area contributed by atoms with Crippen molar-refractivity contribution in [3.63, 3.8) is 0 Å². The van der Waals surface area contributed by atoms with Crippen LogP contribution in [0.2, 0.25) is 0 Å². The highest BCUT2D eigenvalue weighted by Gasteiger charge is 2.40. The summed E-state index contributed by atoms with van der Waals surface area (Å²) in [6.45, 7) is 5.24. The molecule has 0 aliphatic heterocycles. The number of rotatable bonds is 5. The molecule has 1 aromatic carbocycles. The van der Waals surface area contributed by atoms with Crippen LogP contribution in [0.15, 0.2) is 17.2 Å². The number of hydrogen-bond acceptors (Lipinski definition) is 6. The van der Waals surface area contributed by atoms with Gasteiger partial charge in [0.15, 0.2) is 9.84 Å². The molecular formula is C18H19F3N2O5S. The van der Waals surface area contributed by atoms with Gasteiger partial charge < -0.3 is 4.74 Å². The van der Waals surface area contributed by atoms with Gasteiger partial charge in [0.1, 0.15) is 5.56 Å². The molecule has 0 aliphatic rings. The highest BCUT2D eigenvalue weighted by atomic mass is 32.2. The maximum atomic E-state index is 13.8. The van der Waals surface area contributed by atoms with E-state index in [0.29, 0.717) is 0 Å². The Morgan fingerprint density at radius 1 is 1.21 bits per heavy atom. The Morgan fingerprint density at radius 3 is 2.24 bits per heavy atom. The van der Waals surface area contributed by atoms with Crippen molar-refractivity contribution in [2.24, 2.45) is 0 Å². The third-order valence-electron chi connectivity index (χ3n) is 4.18. The molecule has 158 valence electrons. The van der Waals surface area contributed by atoms with Gasteiger partial charge in [-0.2, -0.15) is 18.3 Å². The fraction of sp³-hybridized carbons (Fsp3) is 0.389. The molecule has 0 atom stereocenters. The van der Waals surface area contributed by atoms with Crippen LogP contribution < -0.4 is 4.74 Å². The Balaban J connectivity index is 2.84. The van der Waals surface area contributed by atoms with Gasteiger partial charge in [-0.1, -0.05) is 0 Å². The van der Waals surface area contributed by atoms with Crippen molar-refractivity contribution in [1.29, 1.82) is 0 Å². The topological polar surface area (TPSA) is 95.3 Å². The monoisotopic (exact) mass is 432 g/mol. The summed E-state index contributed by atoms with van der Waals surface area (Å²) in [5, 5.41) is 3.87. The van der Waals surface area contributed by atoms with E-state index in [4.69, 9.17) is 4.74 Å². The first kappa shape index (κ1) is 22.6. The zero-order chi connectivity index (χ0) is 22.3. The lowest BCUT2D eigenvalue weighted by molar-refractivity contribution is -0.138. The Morgan fingerprint density at radius 2 is 1.79 bits per heavy atom. The first-order valence-electron chi connectivity index (χ1n) is 8.40. The second-order valence-electron chi connectivity index (χ2n) is 6.44. The fourth-order valence-corrected chi connectivity index (χ4v) is 4.53. The lowest BCUT2D eigenvalue weighted by Gasteiger charge is -2.19. The lowest BCUT2D eigenvalue weighted by atomic mass is 9.93. The molecule has 0 amide bonds. The van der Waals surface area contributed by atoms with Crippen molar-refractivity contribution >= 4 is 21.6 Å². The number of carbonyl (C=O) groups is 2. The molecule has 0 saturated heterocycles. The van der Waals surface area contributed by atoms with Crippen LogP contribution in [0, 0.1) is 13.8 Å². The minimum Gasteiger partial charge on any atom is -0.407 e. The van der Waals surface area contributed by atoms with E-state index in [1.54, 1.807) is 6.92 Å². The molecule has 2 aromatic rings. The van der Waals surface area contributed by atoms with E-state index in [-0.39, 0.29) is 23.6 Å². The van der Waals surface area contributed by atoms with Gasteiger partial charge >= 0.3 is 12.1 Å². The molecule has 2 rings (SSSR count). The number of ether oxygens (including phenoxy) is 1. The van der Waals surface area contributed by atoms with Crippen LogP contribution in [0.3, 0.4) is 0 Å². The molecular weight excluding hydrogens is 413 g/mol. The van der Waals surface area contributed by atoms with Gasteiger partial charge in [0.25, 0.3) is 0 Å². The van der Waals surface area contributed by atoms with Crippen molar-refractivity contribution < 1.29 is 35.9 Å². The van der Waals surface area contributed by atoms with Crippen molar-refractivity contribution in [3.8, 4) is 5.88 Å². The van der Waals surface area contributed by atoms with Crippen molar-refractivity contribution in [2.75, 3.05) is 6.26 Å². The SMILES string of the molecule is CCn1ncc(C(=O)c2cc(C)c(S(C)(=O)=O)c(C)c2C(F)(F)F)c1OC(C)=O. The zero-order valence-corrected chi connectivity index (χ0v) is 17.2. The predicted molar refractivity (Wildman–Crippen MR) is 96.7 cm³/mol. The van der Waals surface area contributed by atoms with E-state index >= 15 is 0 Å². The number of ketones is 1. The van der Waals surface area contributed by atoms with Crippen LogP contribution in [0.5, 0.6) is 5.88 Å². The van der Waals surface area contributed by atoms with Gasteiger partial charge in [0.05, 0.1) is 16.7 Å². The number of aromatic nitrogens is 2. The van der Waals surface area contributed by atoms with Crippen LogP contribution in [0.25, 0.3) is 0 Å². The minimum atomic E-state index is -5.00. The van der Waals surface area contributed by atoms with Crippen LogP contribution in [-0.4, -0.2) is 36.2 Å². The third-order valence-corrected chi connectivity index (χ3v) is 5.55. The quantitative estimate of drug-likeness (QED) is 0.532. The first-order chi connectivity index (χ1) is 13.2. The zero-order valence-electron chi connectivity index (χ0n) is 16.3. The average molecular weight is 432 g/mol. The molecule has 11 heteroatoms. The second-order valence-corrected chi connectivity index (χ2v) is 8.39. The normalized spacial score (nSPS) is 12.1. The summed E-state index contributed by atoms with van der Waals surface area (Å²) in [6.07, 6.45) is -3.18. The summed E-state index contributed by atoms with van der Waals surface area (Å²) in [5.41, 5.74) is -3.01. The summed E-state index contributed by atoms with van der Waals surface area (Å²) in [5.74, 6) is -2.13. The van der Waals surface area contributed by atoms with E-state index in [1.165, 1.54) is 6.92 Å². The van der Waals surface area contributed by atoms with Crippen LogP contribution >= 0.6 is 0 Å². The number of sulfone groups is 1. The number of halogens is 3. The number of alkyl halides is 3. The van der Waals surface area contributed by atoms with Gasteiger partial charge in [0, 0.05) is 25.3 Å². The van der Waals surface area contributed by atoms with E-state index in [0.717, 1.165) is 37.0 Å². The average Bonchev–Trinajstić information content (AvgIpc) is 2.92. The van der Waals surface area contributed by atoms with Crippen LogP contribution in [0.1, 0.15) is 46.5 Å². The van der Waals surface area contributed by atoms with E-state index in [2.05, 4.69) is 5.10 Å². The number of esters is 1. The van der Waals surface area contributed by atoms with Gasteiger partial charge in [-0.15, -0.1) is 0 Å². The molecule has 0 bridgehead atoms. The number of nitrogens with zero attached hydrogens (tertiary/aromatic N) is 2. The Kier molecular flexibility index (Phi) is 5.94. The Hall–Kier alpha value is -2.69. The highest BCUT2D eigenvalue weighted by molar-refractivity contribution is 7.90. The molecule has 0 fully saturated rings. The van der Waals surface area contributed by atoms with E-state index in [1.807, 2.05) is 0 Å². The lowest BCUT2D eigenvalue weighted by Crippen LogP contribution is -2.20. The summed E-state index contributed by atoms with van der Waals surface area (Å²) < 4.78 is 71.6. The van der Waals surface area contributed by atoms with Crippen LogP contribution in [-0.2, 0) is 27.4 Å². The summed E-state index contributed by atoms with van der Waals surface area (Å²) in [4.78, 5) is 23.9. The van der Waals surface area contributed by atoms with Gasteiger partial charge in [-0.05, 0) is 38.0 Å². The second kappa shape index (κ2) is 7.62. The van der Waals surface area contributed by atoms with Gasteiger partial charge in [-0.25, -0.2) is 13.1 Å². The van der Waals surface area contributed by atoms with Crippen molar-refractivity contribution in [3.05, 3.63) is 40.1 Å². The number of carbonyl (C=O) groups excluding carboxylic acids is 2. The Bertz CT molecular complexity index is 1100. The minimum absolute atomic E-state index is 0.00160. The highest BCUT2D eigenvalue weighted by Crippen LogP contribution is 2.40. The third kappa shape index (κ3) is 4.34. The summed E-state index contributed by atoms with van der Waals surface area (Å²) in [6, 6.07) is 0.884. The molecule has 0 spiro atoms. The van der Waals surface area contributed by atoms with Gasteiger partial charge in [-0.3, -0.25) is 9.59 Å². The molecule has 7 nitrogen and oxygen atoms in total. The molecule has 0 radical (unpaired) electrons. The van der Waals surface area contributed by atoms with E-state index < -0.39 is 49.4 Å². The molecule has 29 heavy (non-hydrogen) atoms. The van der Waals surface area contributed by atoms with Gasteiger partial charge in [0.2, 0.25) is 11.7 Å². The molecule has 0 aliphatic carbocycles. The summed E-state index contributed by atoms with van der Waals surface area (Å²) >= 11 is 0. The van der Waals surface area contributed by atoms with E-state index in [9.17, 15) is 31.2 Å². The molecule has 0 unspecified atom stereocenters. The number of aryl methyl sites for hydroxylation is 2. The summed E-state index contributed by atoms with van der Waals surface area (Å²) in [7, 11) is -3.98.